The largest absolute Gasteiger partial charge is 0.489 e. The van der Waals surface area contributed by atoms with Crippen LogP contribution in [-0.2, 0) is 13.2 Å². The van der Waals surface area contributed by atoms with Gasteiger partial charge in [-0.25, -0.2) is 0 Å². The van der Waals surface area contributed by atoms with Crippen LogP contribution in [0.5, 0.6) is 5.75 Å². The highest BCUT2D eigenvalue weighted by Gasteiger charge is 2.27. The van der Waals surface area contributed by atoms with Crippen LogP contribution in [0.25, 0.3) is 0 Å². The molecule has 4 rings (SSSR count). The zero-order valence-corrected chi connectivity index (χ0v) is 20.3. The summed E-state index contributed by atoms with van der Waals surface area (Å²) in [6.45, 7) is 8.98. The monoisotopic (exact) mass is 460 g/mol. The molecule has 1 saturated heterocycles. The fraction of sp³-hybridized carbons (Fsp3) is 0.310. The first-order valence-electron chi connectivity index (χ1n) is 11.7. The Morgan fingerprint density at radius 2 is 1.70 bits per heavy atom. The van der Waals surface area contributed by atoms with E-state index < -0.39 is 0 Å². The van der Waals surface area contributed by atoms with Crippen molar-refractivity contribution in [2.24, 2.45) is 0 Å². The Morgan fingerprint density at radius 3 is 2.39 bits per heavy atom. The van der Waals surface area contributed by atoms with Gasteiger partial charge in [0.2, 0.25) is 0 Å². The second-order valence-electron chi connectivity index (χ2n) is 9.01. The lowest BCUT2D eigenvalue weighted by molar-refractivity contribution is 0.306. The molecule has 3 aromatic rings. The number of hydrogen-bond acceptors (Lipinski definition) is 3. The molecule has 172 valence electrons. The molecule has 3 aromatic carbocycles. The normalized spacial score (nSPS) is 15.9. The molecule has 1 atom stereocenters. The molecule has 1 aliphatic rings. The van der Waals surface area contributed by atoms with Crippen LogP contribution in [0.2, 0.25) is 5.02 Å². The molecule has 0 aromatic heterocycles. The van der Waals surface area contributed by atoms with E-state index in [1.54, 1.807) is 0 Å². The lowest BCUT2D eigenvalue weighted by Crippen LogP contribution is -2.37. The molecule has 1 aliphatic heterocycles. The molecule has 33 heavy (non-hydrogen) atoms. The lowest BCUT2D eigenvalue weighted by Gasteiger charge is -2.31. The van der Waals surface area contributed by atoms with E-state index >= 15 is 0 Å². The minimum atomic E-state index is 0.490. The summed E-state index contributed by atoms with van der Waals surface area (Å²) in [5.74, 6) is 0.903. The average molecular weight is 461 g/mol. The Balaban J connectivity index is 1.41. The fourth-order valence-electron chi connectivity index (χ4n) is 4.28. The number of rotatable bonds is 9. The number of hydrogen-bond donors (Lipinski definition) is 0. The summed E-state index contributed by atoms with van der Waals surface area (Å²) in [4.78, 5) is 5.08. The molecule has 1 fully saturated rings. The van der Waals surface area contributed by atoms with Gasteiger partial charge in [0.1, 0.15) is 12.4 Å². The highest BCUT2D eigenvalue weighted by molar-refractivity contribution is 6.30. The van der Waals surface area contributed by atoms with Crippen LogP contribution in [0.1, 0.15) is 31.4 Å². The van der Waals surface area contributed by atoms with Crippen LogP contribution < -0.4 is 9.64 Å². The van der Waals surface area contributed by atoms with E-state index in [1.807, 2.05) is 30.3 Å². The summed E-state index contributed by atoms with van der Waals surface area (Å²) < 4.78 is 5.99. The SMILES string of the molecule is CC(C)=CCN(c1ccc(OCc2ccccc2)cc1)C1CCN(Cc2ccc(Cl)cc2)C1. The first kappa shape index (κ1) is 23.4. The number of halogens is 1. The maximum Gasteiger partial charge on any atom is 0.119 e. The Labute approximate surface area is 203 Å². The van der Waals surface area contributed by atoms with Gasteiger partial charge >= 0.3 is 0 Å². The Morgan fingerprint density at radius 1 is 0.970 bits per heavy atom. The molecule has 0 saturated carbocycles. The molecule has 0 amide bonds. The molecule has 4 heteroatoms. The summed E-state index contributed by atoms with van der Waals surface area (Å²) >= 11 is 6.05. The van der Waals surface area contributed by atoms with Crippen LogP contribution >= 0.6 is 11.6 Å². The second kappa shape index (κ2) is 11.4. The molecule has 0 radical (unpaired) electrons. The van der Waals surface area contributed by atoms with Crippen molar-refractivity contribution in [1.29, 1.82) is 0 Å². The molecule has 0 aliphatic carbocycles. The van der Waals surface area contributed by atoms with Gasteiger partial charge < -0.3 is 9.64 Å². The van der Waals surface area contributed by atoms with Gasteiger partial charge in [0.25, 0.3) is 0 Å². The maximum absolute atomic E-state index is 6.05. The van der Waals surface area contributed by atoms with Crippen molar-refractivity contribution in [1.82, 2.24) is 4.90 Å². The van der Waals surface area contributed by atoms with Crippen molar-refractivity contribution < 1.29 is 4.74 Å². The Kier molecular flexibility index (Phi) is 8.09. The van der Waals surface area contributed by atoms with E-state index in [0.717, 1.165) is 43.4 Å². The summed E-state index contributed by atoms with van der Waals surface area (Å²) in [5, 5.41) is 0.794. The number of nitrogens with zero attached hydrogens (tertiary/aromatic N) is 2. The van der Waals surface area contributed by atoms with Crippen LogP contribution in [0.3, 0.4) is 0 Å². The predicted octanol–water partition coefficient (Wildman–Crippen LogP) is 6.97. The second-order valence-corrected chi connectivity index (χ2v) is 9.44. The van der Waals surface area contributed by atoms with Gasteiger partial charge in [-0.3, -0.25) is 4.90 Å². The quantitative estimate of drug-likeness (QED) is 0.321. The number of anilines is 1. The molecular formula is C29H33ClN2O. The summed E-state index contributed by atoms with van der Waals surface area (Å²) in [6.07, 6.45) is 3.48. The van der Waals surface area contributed by atoms with Crippen molar-refractivity contribution in [3.05, 3.63) is 107 Å². The smallest absolute Gasteiger partial charge is 0.119 e. The predicted molar refractivity (Wildman–Crippen MR) is 139 cm³/mol. The van der Waals surface area contributed by atoms with Crippen LogP contribution in [-0.4, -0.2) is 30.6 Å². The standard InChI is InChI=1S/C29H33ClN2O/c1-23(2)16-19-32(28-17-18-31(21-28)20-24-8-10-26(30)11-9-24)27-12-14-29(15-13-27)33-22-25-6-4-3-5-7-25/h3-16,28H,17-22H2,1-2H3. The summed E-state index contributed by atoms with van der Waals surface area (Å²) in [7, 11) is 0. The Hall–Kier alpha value is -2.75. The summed E-state index contributed by atoms with van der Waals surface area (Å²) in [6, 6.07) is 27.6. The van der Waals surface area contributed by atoms with Crippen molar-refractivity contribution in [2.45, 2.75) is 39.5 Å². The number of likely N-dealkylation sites (tertiary alicyclic amines) is 1. The molecule has 0 bridgehead atoms. The Bertz CT molecular complexity index is 1030. The van der Waals surface area contributed by atoms with Crippen molar-refractivity contribution >= 4 is 17.3 Å². The third kappa shape index (κ3) is 6.86. The molecule has 3 nitrogen and oxygen atoms in total. The fourth-order valence-corrected chi connectivity index (χ4v) is 4.41. The van der Waals surface area contributed by atoms with Crippen molar-refractivity contribution in [3.63, 3.8) is 0 Å². The maximum atomic E-state index is 6.05. The number of allylic oxidation sites excluding steroid dienone is 1. The van der Waals surface area contributed by atoms with Gasteiger partial charge in [-0.15, -0.1) is 0 Å². The third-order valence-corrected chi connectivity index (χ3v) is 6.37. The van der Waals surface area contributed by atoms with Gasteiger partial charge in [0, 0.05) is 42.9 Å². The van der Waals surface area contributed by atoms with Gasteiger partial charge in [-0.1, -0.05) is 65.7 Å². The topological polar surface area (TPSA) is 15.7 Å². The molecular weight excluding hydrogens is 428 g/mol. The van der Waals surface area contributed by atoms with Crippen LogP contribution in [0, 0.1) is 0 Å². The lowest BCUT2D eigenvalue weighted by atomic mass is 10.1. The minimum absolute atomic E-state index is 0.490. The summed E-state index contributed by atoms with van der Waals surface area (Å²) in [5.41, 5.74) is 5.09. The first-order valence-corrected chi connectivity index (χ1v) is 12.1. The number of ether oxygens (including phenoxy) is 1. The number of benzene rings is 3. The van der Waals surface area contributed by atoms with Crippen molar-refractivity contribution in [3.8, 4) is 5.75 Å². The van der Waals surface area contributed by atoms with Gasteiger partial charge in [0.15, 0.2) is 0 Å². The molecule has 1 unspecified atom stereocenters. The third-order valence-electron chi connectivity index (χ3n) is 6.12. The van der Waals surface area contributed by atoms with E-state index in [-0.39, 0.29) is 0 Å². The van der Waals surface area contributed by atoms with Crippen LogP contribution in [0.4, 0.5) is 5.69 Å². The van der Waals surface area contributed by atoms with Crippen LogP contribution in [0.15, 0.2) is 90.5 Å². The molecule has 0 spiro atoms. The minimum Gasteiger partial charge on any atom is -0.489 e. The average Bonchev–Trinajstić information content (AvgIpc) is 3.29. The van der Waals surface area contributed by atoms with E-state index in [9.17, 15) is 0 Å². The van der Waals surface area contributed by atoms with E-state index in [2.05, 4.69) is 78.3 Å². The molecule has 0 N–H and O–H groups in total. The van der Waals surface area contributed by atoms with Crippen molar-refractivity contribution in [2.75, 3.05) is 24.5 Å². The van der Waals surface area contributed by atoms with E-state index in [1.165, 1.54) is 22.4 Å². The zero-order chi connectivity index (χ0) is 23.0. The van der Waals surface area contributed by atoms with Gasteiger partial charge in [-0.05, 0) is 67.8 Å². The van der Waals surface area contributed by atoms with E-state index in [0.29, 0.717) is 12.6 Å². The van der Waals surface area contributed by atoms with Gasteiger partial charge in [-0.2, -0.15) is 0 Å². The highest BCUT2D eigenvalue weighted by atomic mass is 35.5. The first-order chi connectivity index (χ1) is 16.1. The molecule has 1 heterocycles. The van der Waals surface area contributed by atoms with Gasteiger partial charge in [0.05, 0.1) is 0 Å². The zero-order valence-electron chi connectivity index (χ0n) is 19.6. The van der Waals surface area contributed by atoms with E-state index in [4.69, 9.17) is 16.3 Å². The highest BCUT2D eigenvalue weighted by Crippen LogP contribution is 2.27.